The number of hydrogen-bond acceptors (Lipinski definition) is 4. The predicted molar refractivity (Wildman–Crippen MR) is 35.5 cm³/mol. The normalized spacial score (nSPS) is 13.5. The summed E-state index contributed by atoms with van der Waals surface area (Å²) in [4.78, 5) is 3.59. The number of oxazole rings is 1. The molecule has 10 heavy (non-hydrogen) atoms. The van der Waals surface area contributed by atoms with Crippen molar-refractivity contribution in [1.29, 1.82) is 0 Å². The lowest BCUT2D eigenvalue weighted by molar-refractivity contribution is 0.252. The molecule has 0 radical (unpaired) electrons. The Hall–Kier alpha value is -0.580. The maximum absolute atomic E-state index is 8.54. The topological polar surface area (TPSA) is 72.3 Å². The third kappa shape index (κ3) is 1.47. The Bertz CT molecular complexity index is 213. The second kappa shape index (κ2) is 3.01. The quantitative estimate of drug-likeness (QED) is 0.657. The van der Waals surface area contributed by atoms with E-state index in [1.807, 2.05) is 0 Å². The van der Waals surface area contributed by atoms with E-state index >= 15 is 0 Å². The number of nitrogens with zero attached hydrogens (tertiary/aromatic N) is 1. The van der Waals surface area contributed by atoms with E-state index in [9.17, 15) is 0 Å². The first-order valence-electron chi connectivity index (χ1n) is 2.71. The van der Waals surface area contributed by atoms with Gasteiger partial charge in [-0.25, -0.2) is 4.98 Å². The van der Waals surface area contributed by atoms with Crippen LogP contribution in [0.2, 0.25) is 5.35 Å². The number of nitrogens with two attached hydrogens (primary N) is 1. The van der Waals surface area contributed by atoms with Crippen LogP contribution in [-0.4, -0.2) is 16.7 Å². The van der Waals surface area contributed by atoms with Gasteiger partial charge < -0.3 is 15.3 Å². The van der Waals surface area contributed by atoms with Gasteiger partial charge in [-0.2, -0.15) is 0 Å². The molecule has 5 heteroatoms. The number of aromatic nitrogens is 1. The molecule has 0 spiro atoms. The van der Waals surface area contributed by atoms with Crippen molar-refractivity contribution in [3.05, 3.63) is 17.3 Å². The lowest BCUT2D eigenvalue weighted by Gasteiger charge is -2.00. The third-order valence-corrected chi connectivity index (χ3v) is 1.23. The molecule has 1 rings (SSSR count). The van der Waals surface area contributed by atoms with E-state index < -0.39 is 6.04 Å². The van der Waals surface area contributed by atoms with Crippen molar-refractivity contribution < 1.29 is 9.52 Å². The zero-order valence-electron chi connectivity index (χ0n) is 5.12. The summed E-state index contributed by atoms with van der Waals surface area (Å²) in [7, 11) is 0. The van der Waals surface area contributed by atoms with Crippen LogP contribution in [0.25, 0.3) is 0 Å². The van der Waals surface area contributed by atoms with Crippen LogP contribution >= 0.6 is 11.6 Å². The highest BCUT2D eigenvalue weighted by molar-refractivity contribution is 6.27. The minimum atomic E-state index is -0.528. The Morgan fingerprint density at radius 1 is 1.90 bits per heavy atom. The van der Waals surface area contributed by atoms with E-state index in [1.165, 1.54) is 6.20 Å². The average Bonchev–Trinajstić information content (AvgIpc) is 2.34. The minimum absolute atomic E-state index is 0.0406. The molecule has 0 amide bonds. The first kappa shape index (κ1) is 7.53. The fourth-order valence-electron chi connectivity index (χ4n) is 0.526. The standard InChI is InChI=1S/C5H7ClN2O2/c6-5-8-1-4(10-5)3(7)2-9/h1,3,9H,2,7H2. The van der Waals surface area contributed by atoms with Gasteiger partial charge in [-0.15, -0.1) is 0 Å². The molecule has 1 atom stereocenters. The van der Waals surface area contributed by atoms with Gasteiger partial charge >= 0.3 is 0 Å². The highest BCUT2D eigenvalue weighted by Gasteiger charge is 2.08. The fraction of sp³-hybridized carbons (Fsp3) is 0.400. The van der Waals surface area contributed by atoms with Gasteiger partial charge in [-0.1, -0.05) is 0 Å². The molecule has 0 aliphatic carbocycles. The maximum atomic E-state index is 8.54. The zero-order chi connectivity index (χ0) is 7.56. The summed E-state index contributed by atoms with van der Waals surface area (Å²) >= 11 is 5.35. The Morgan fingerprint density at radius 2 is 2.60 bits per heavy atom. The average molecular weight is 163 g/mol. The van der Waals surface area contributed by atoms with Crippen molar-refractivity contribution in [3.8, 4) is 0 Å². The lowest BCUT2D eigenvalue weighted by atomic mass is 10.3. The summed E-state index contributed by atoms with van der Waals surface area (Å²) in [5, 5.41) is 8.58. The Labute approximate surface area is 62.6 Å². The molecule has 3 N–H and O–H groups in total. The molecule has 0 saturated heterocycles. The highest BCUT2D eigenvalue weighted by Crippen LogP contribution is 2.13. The first-order valence-corrected chi connectivity index (χ1v) is 3.09. The fourth-order valence-corrected chi connectivity index (χ4v) is 0.664. The van der Waals surface area contributed by atoms with Crippen molar-refractivity contribution in [2.75, 3.05) is 6.61 Å². The molecular weight excluding hydrogens is 156 g/mol. The van der Waals surface area contributed by atoms with Crippen LogP contribution in [0.15, 0.2) is 10.6 Å². The number of aliphatic hydroxyl groups is 1. The van der Waals surface area contributed by atoms with Gasteiger partial charge in [0.25, 0.3) is 5.35 Å². The summed E-state index contributed by atoms with van der Waals surface area (Å²) in [6, 6.07) is -0.528. The van der Waals surface area contributed by atoms with E-state index in [1.54, 1.807) is 0 Å². The lowest BCUT2D eigenvalue weighted by Crippen LogP contribution is -2.13. The smallest absolute Gasteiger partial charge is 0.292 e. The molecule has 4 nitrogen and oxygen atoms in total. The molecule has 1 unspecified atom stereocenters. The Balaban J connectivity index is 2.74. The Morgan fingerprint density at radius 3 is 3.00 bits per heavy atom. The van der Waals surface area contributed by atoms with Gasteiger partial charge in [0.15, 0.2) is 0 Å². The van der Waals surface area contributed by atoms with Crippen LogP contribution in [-0.2, 0) is 0 Å². The number of halogens is 1. The van der Waals surface area contributed by atoms with E-state index in [0.717, 1.165) is 0 Å². The summed E-state index contributed by atoms with van der Waals surface area (Å²) < 4.78 is 4.81. The highest BCUT2D eigenvalue weighted by atomic mass is 35.5. The van der Waals surface area contributed by atoms with Gasteiger partial charge in [-0.3, -0.25) is 0 Å². The third-order valence-electron chi connectivity index (χ3n) is 1.06. The van der Waals surface area contributed by atoms with Gasteiger partial charge in [-0.05, 0) is 11.6 Å². The first-order chi connectivity index (χ1) is 4.74. The molecule has 0 aliphatic heterocycles. The summed E-state index contributed by atoms with van der Waals surface area (Å²) in [6.07, 6.45) is 1.39. The molecule has 0 fully saturated rings. The van der Waals surface area contributed by atoms with Crippen LogP contribution in [0, 0.1) is 0 Å². The van der Waals surface area contributed by atoms with Crippen LogP contribution < -0.4 is 5.73 Å². The monoisotopic (exact) mass is 162 g/mol. The predicted octanol–water partition coefficient (Wildman–Crippen LogP) is 0.320. The molecule has 0 aromatic carbocycles. The van der Waals surface area contributed by atoms with Crippen molar-refractivity contribution in [2.24, 2.45) is 5.73 Å². The van der Waals surface area contributed by atoms with Gasteiger partial charge in [0, 0.05) is 0 Å². The molecule has 1 aromatic heterocycles. The van der Waals surface area contributed by atoms with Crippen molar-refractivity contribution in [3.63, 3.8) is 0 Å². The number of rotatable bonds is 2. The van der Waals surface area contributed by atoms with Gasteiger partial charge in [0.2, 0.25) is 0 Å². The van der Waals surface area contributed by atoms with Gasteiger partial charge in [0.05, 0.1) is 18.8 Å². The molecule has 0 bridgehead atoms. The molecule has 1 aromatic rings. The zero-order valence-corrected chi connectivity index (χ0v) is 5.88. The van der Waals surface area contributed by atoms with Crippen LogP contribution in [0.3, 0.4) is 0 Å². The van der Waals surface area contributed by atoms with E-state index in [4.69, 9.17) is 26.9 Å². The number of hydrogen-bond donors (Lipinski definition) is 2. The molecule has 1 heterocycles. The van der Waals surface area contributed by atoms with Crippen molar-refractivity contribution in [2.45, 2.75) is 6.04 Å². The second-order valence-electron chi connectivity index (χ2n) is 1.80. The van der Waals surface area contributed by atoms with E-state index in [0.29, 0.717) is 5.76 Å². The van der Waals surface area contributed by atoms with Gasteiger partial charge in [0.1, 0.15) is 5.76 Å². The van der Waals surface area contributed by atoms with Crippen LogP contribution in [0.4, 0.5) is 0 Å². The summed E-state index contributed by atoms with van der Waals surface area (Å²) in [5.41, 5.74) is 5.37. The molecule has 56 valence electrons. The molecule has 0 aliphatic rings. The SMILES string of the molecule is NC(CO)c1cnc(Cl)o1. The Kier molecular flexibility index (Phi) is 2.26. The summed E-state index contributed by atoms with van der Waals surface area (Å²) in [6.45, 7) is -0.175. The minimum Gasteiger partial charge on any atom is -0.431 e. The molecular formula is C5H7ClN2O2. The summed E-state index contributed by atoms with van der Waals surface area (Å²) in [5.74, 6) is 0.396. The van der Waals surface area contributed by atoms with E-state index in [2.05, 4.69) is 4.98 Å². The second-order valence-corrected chi connectivity index (χ2v) is 2.13. The van der Waals surface area contributed by atoms with Crippen molar-refractivity contribution >= 4 is 11.6 Å². The van der Waals surface area contributed by atoms with Crippen LogP contribution in [0.5, 0.6) is 0 Å². The largest absolute Gasteiger partial charge is 0.431 e. The molecule has 0 saturated carbocycles. The number of aliphatic hydroxyl groups excluding tert-OH is 1. The van der Waals surface area contributed by atoms with Crippen molar-refractivity contribution in [1.82, 2.24) is 4.98 Å². The maximum Gasteiger partial charge on any atom is 0.292 e. The van der Waals surface area contributed by atoms with Crippen LogP contribution in [0.1, 0.15) is 11.8 Å². The van der Waals surface area contributed by atoms with E-state index in [-0.39, 0.29) is 12.0 Å².